The first kappa shape index (κ1) is 17.4. The van der Waals surface area contributed by atoms with Crippen LogP contribution in [0.1, 0.15) is 11.1 Å². The topological polar surface area (TPSA) is 36.9 Å². The Balaban J connectivity index is 1.74. The van der Waals surface area contributed by atoms with Crippen LogP contribution in [0.3, 0.4) is 0 Å². The van der Waals surface area contributed by atoms with Crippen LogP contribution >= 0.6 is 23.2 Å². The number of aryl methyl sites for hydroxylation is 2. The molecule has 6 heteroatoms. The first-order valence-electron chi connectivity index (χ1n) is 7.62. The largest absolute Gasteiger partial charge is 0.458 e. The summed E-state index contributed by atoms with van der Waals surface area (Å²) in [6, 6.07) is 10.8. The third kappa shape index (κ3) is 4.14. The van der Waals surface area contributed by atoms with Gasteiger partial charge in [-0.05, 0) is 61.4 Å². The van der Waals surface area contributed by atoms with Gasteiger partial charge >= 0.3 is 0 Å². The SMILES string of the molecule is Cc1cc(O[C@@H]2OCCO[C@H]2Oc2ccc(Cl)cc2C)ccc1Cl. The summed E-state index contributed by atoms with van der Waals surface area (Å²) in [6.45, 7) is 4.72. The maximum atomic E-state index is 6.04. The molecular formula is C18H18Cl2O4. The summed E-state index contributed by atoms with van der Waals surface area (Å²) >= 11 is 12.0. The van der Waals surface area contributed by atoms with E-state index in [1.807, 2.05) is 26.0 Å². The second kappa shape index (κ2) is 7.62. The molecule has 0 saturated carbocycles. The van der Waals surface area contributed by atoms with E-state index >= 15 is 0 Å². The van der Waals surface area contributed by atoms with Gasteiger partial charge in [-0.25, -0.2) is 0 Å². The molecule has 2 aromatic carbocycles. The van der Waals surface area contributed by atoms with Crippen molar-refractivity contribution in [2.75, 3.05) is 13.2 Å². The van der Waals surface area contributed by atoms with Gasteiger partial charge in [0, 0.05) is 10.0 Å². The summed E-state index contributed by atoms with van der Waals surface area (Å²) in [7, 11) is 0. The van der Waals surface area contributed by atoms with Crippen LogP contribution in [0.2, 0.25) is 10.0 Å². The second-order valence-corrected chi connectivity index (χ2v) is 6.38. The summed E-state index contributed by atoms with van der Waals surface area (Å²) in [5.74, 6) is 1.32. The highest BCUT2D eigenvalue weighted by Crippen LogP contribution is 2.27. The van der Waals surface area contributed by atoms with Crippen molar-refractivity contribution in [1.29, 1.82) is 0 Å². The van der Waals surface area contributed by atoms with E-state index in [9.17, 15) is 0 Å². The minimum Gasteiger partial charge on any atom is -0.458 e. The number of benzene rings is 2. The molecule has 128 valence electrons. The molecule has 0 N–H and O–H groups in total. The number of hydrogen-bond acceptors (Lipinski definition) is 4. The molecule has 0 unspecified atom stereocenters. The molecule has 1 aliphatic rings. The van der Waals surface area contributed by atoms with E-state index in [-0.39, 0.29) is 0 Å². The van der Waals surface area contributed by atoms with Crippen molar-refractivity contribution in [2.45, 2.75) is 26.4 Å². The van der Waals surface area contributed by atoms with Crippen LogP contribution in [0, 0.1) is 13.8 Å². The van der Waals surface area contributed by atoms with Gasteiger partial charge in [0.25, 0.3) is 12.6 Å². The van der Waals surface area contributed by atoms with Crippen LogP contribution in [0.4, 0.5) is 0 Å². The summed E-state index contributed by atoms with van der Waals surface area (Å²) in [6.07, 6.45) is -1.34. The van der Waals surface area contributed by atoms with Crippen LogP contribution < -0.4 is 9.47 Å². The highest BCUT2D eigenvalue weighted by molar-refractivity contribution is 6.31. The molecule has 2 aromatic rings. The van der Waals surface area contributed by atoms with Crippen molar-refractivity contribution in [3.8, 4) is 11.5 Å². The number of rotatable bonds is 4. The Kier molecular flexibility index (Phi) is 5.51. The lowest BCUT2D eigenvalue weighted by Crippen LogP contribution is -2.45. The van der Waals surface area contributed by atoms with Crippen molar-refractivity contribution in [2.24, 2.45) is 0 Å². The normalized spacial score (nSPS) is 20.7. The van der Waals surface area contributed by atoms with Crippen LogP contribution in [-0.4, -0.2) is 25.8 Å². The van der Waals surface area contributed by atoms with Gasteiger partial charge in [-0.15, -0.1) is 0 Å². The van der Waals surface area contributed by atoms with E-state index in [0.29, 0.717) is 34.8 Å². The molecular weight excluding hydrogens is 351 g/mol. The Labute approximate surface area is 151 Å². The fraction of sp³-hybridized carbons (Fsp3) is 0.333. The average molecular weight is 369 g/mol. The van der Waals surface area contributed by atoms with Gasteiger partial charge in [-0.1, -0.05) is 23.2 Å². The molecule has 24 heavy (non-hydrogen) atoms. The third-order valence-electron chi connectivity index (χ3n) is 3.63. The van der Waals surface area contributed by atoms with Gasteiger partial charge in [-0.2, -0.15) is 0 Å². The van der Waals surface area contributed by atoms with Gasteiger partial charge in [0.1, 0.15) is 11.5 Å². The minimum atomic E-state index is -0.672. The number of halogens is 2. The van der Waals surface area contributed by atoms with Crippen molar-refractivity contribution >= 4 is 23.2 Å². The summed E-state index contributed by atoms with van der Waals surface area (Å²) in [5.41, 5.74) is 1.84. The predicted molar refractivity (Wildman–Crippen MR) is 93.1 cm³/mol. The average Bonchev–Trinajstić information content (AvgIpc) is 2.55. The molecule has 1 fully saturated rings. The molecule has 0 aromatic heterocycles. The molecule has 0 amide bonds. The molecule has 4 nitrogen and oxygen atoms in total. The van der Waals surface area contributed by atoms with Crippen LogP contribution in [0.15, 0.2) is 36.4 Å². The highest BCUT2D eigenvalue weighted by atomic mass is 35.5. The third-order valence-corrected chi connectivity index (χ3v) is 4.29. The first-order valence-corrected chi connectivity index (χ1v) is 8.37. The Morgan fingerprint density at radius 3 is 2.25 bits per heavy atom. The predicted octanol–water partition coefficient (Wildman–Crippen LogP) is 4.77. The molecule has 0 bridgehead atoms. The zero-order chi connectivity index (χ0) is 17.1. The monoisotopic (exact) mass is 368 g/mol. The smallest absolute Gasteiger partial charge is 0.263 e. The van der Waals surface area contributed by atoms with Crippen LogP contribution in [-0.2, 0) is 9.47 Å². The maximum absolute atomic E-state index is 6.04. The lowest BCUT2D eigenvalue weighted by molar-refractivity contribution is -0.271. The minimum absolute atomic E-state index is 0.441. The molecule has 2 atom stereocenters. The highest BCUT2D eigenvalue weighted by Gasteiger charge is 2.31. The van der Waals surface area contributed by atoms with Gasteiger partial charge in [0.05, 0.1) is 13.2 Å². The van der Waals surface area contributed by atoms with E-state index in [0.717, 1.165) is 11.1 Å². The lowest BCUT2D eigenvalue weighted by atomic mass is 10.2. The number of ether oxygens (including phenoxy) is 4. The fourth-order valence-electron chi connectivity index (χ4n) is 2.36. The Hall–Kier alpha value is -1.46. The molecule has 0 spiro atoms. The molecule has 1 heterocycles. The van der Waals surface area contributed by atoms with E-state index < -0.39 is 12.6 Å². The molecule has 1 saturated heterocycles. The molecule has 0 radical (unpaired) electrons. The van der Waals surface area contributed by atoms with Crippen molar-refractivity contribution < 1.29 is 18.9 Å². The molecule has 3 rings (SSSR count). The molecule has 0 aliphatic carbocycles. The van der Waals surface area contributed by atoms with E-state index in [1.165, 1.54) is 0 Å². The quantitative estimate of drug-likeness (QED) is 0.778. The summed E-state index contributed by atoms with van der Waals surface area (Å²) in [4.78, 5) is 0. The van der Waals surface area contributed by atoms with Crippen LogP contribution in [0.25, 0.3) is 0 Å². The zero-order valence-electron chi connectivity index (χ0n) is 13.4. The van der Waals surface area contributed by atoms with E-state index in [2.05, 4.69) is 0 Å². The standard InChI is InChI=1S/C18H18Cl2O4/c1-11-10-14(4-5-15(11)20)23-17-18(22-8-7-21-17)24-16-6-3-13(19)9-12(16)2/h3-6,9-10,17-18H,7-8H2,1-2H3/t17-,18-/m0/s1. The Bertz CT molecular complexity index is 720. The zero-order valence-corrected chi connectivity index (χ0v) is 14.9. The van der Waals surface area contributed by atoms with E-state index in [1.54, 1.807) is 24.3 Å². The van der Waals surface area contributed by atoms with Gasteiger partial charge in [0.2, 0.25) is 0 Å². The first-order chi connectivity index (χ1) is 11.5. The summed E-state index contributed by atoms with van der Waals surface area (Å²) in [5, 5.41) is 1.35. The molecule has 1 aliphatic heterocycles. The maximum Gasteiger partial charge on any atom is 0.263 e. The number of hydrogen-bond donors (Lipinski definition) is 0. The Morgan fingerprint density at radius 1 is 0.875 bits per heavy atom. The van der Waals surface area contributed by atoms with Gasteiger partial charge < -0.3 is 18.9 Å². The van der Waals surface area contributed by atoms with Gasteiger partial charge in [-0.3, -0.25) is 0 Å². The Morgan fingerprint density at radius 2 is 1.58 bits per heavy atom. The summed E-state index contributed by atoms with van der Waals surface area (Å²) < 4.78 is 23.1. The van der Waals surface area contributed by atoms with Gasteiger partial charge in [0.15, 0.2) is 0 Å². The van der Waals surface area contributed by atoms with E-state index in [4.69, 9.17) is 42.1 Å². The van der Waals surface area contributed by atoms with Crippen molar-refractivity contribution in [3.05, 3.63) is 57.6 Å². The lowest BCUT2D eigenvalue weighted by Gasteiger charge is -2.32. The van der Waals surface area contributed by atoms with Crippen molar-refractivity contribution in [3.63, 3.8) is 0 Å². The second-order valence-electron chi connectivity index (χ2n) is 5.53. The fourth-order valence-corrected chi connectivity index (χ4v) is 2.70. The van der Waals surface area contributed by atoms with Crippen LogP contribution in [0.5, 0.6) is 11.5 Å². The van der Waals surface area contributed by atoms with Crippen molar-refractivity contribution in [1.82, 2.24) is 0 Å².